The molecule has 0 saturated heterocycles. The van der Waals surface area contributed by atoms with Crippen LogP contribution in [0.15, 0.2) is 36.5 Å². The molecule has 1 aliphatic rings. The van der Waals surface area contributed by atoms with Crippen molar-refractivity contribution in [2.45, 2.75) is 32.2 Å². The summed E-state index contributed by atoms with van der Waals surface area (Å²) in [7, 11) is 1.83. The van der Waals surface area contributed by atoms with Crippen LogP contribution in [0.2, 0.25) is 0 Å². The van der Waals surface area contributed by atoms with Gasteiger partial charge < -0.3 is 10.6 Å². The van der Waals surface area contributed by atoms with Crippen molar-refractivity contribution in [1.82, 2.24) is 10.6 Å². The molecule has 1 aromatic carbocycles. The Bertz CT molecular complexity index is 481. The standard InChI is InChI=1S/C16H22N2O/c1-11(10-12(2)17-3)16(19)18-15-9-8-13-6-4-5-7-14(13)15/h4-7,11,15,17H,2,8-10H2,1,3H3,(H,18,19)/t11-,15+/m1/s1. The Kier molecular flexibility index (Phi) is 4.25. The fraction of sp³-hybridized carbons (Fsp3) is 0.438. The molecule has 0 spiro atoms. The average Bonchev–Trinajstić information content (AvgIpc) is 2.82. The molecule has 1 amide bonds. The van der Waals surface area contributed by atoms with Crippen molar-refractivity contribution in [3.05, 3.63) is 47.7 Å². The van der Waals surface area contributed by atoms with Gasteiger partial charge in [0.2, 0.25) is 5.91 Å². The van der Waals surface area contributed by atoms with E-state index in [9.17, 15) is 4.79 Å². The molecule has 0 aliphatic heterocycles. The maximum absolute atomic E-state index is 12.2. The number of fused-ring (bicyclic) bond motifs is 1. The van der Waals surface area contributed by atoms with E-state index in [1.807, 2.05) is 20.0 Å². The van der Waals surface area contributed by atoms with Crippen molar-refractivity contribution in [2.24, 2.45) is 5.92 Å². The van der Waals surface area contributed by atoms with Crippen molar-refractivity contribution in [1.29, 1.82) is 0 Å². The van der Waals surface area contributed by atoms with Crippen LogP contribution in [0, 0.1) is 5.92 Å². The number of aryl methyl sites for hydroxylation is 1. The summed E-state index contributed by atoms with van der Waals surface area (Å²) < 4.78 is 0. The van der Waals surface area contributed by atoms with E-state index in [-0.39, 0.29) is 17.9 Å². The van der Waals surface area contributed by atoms with Gasteiger partial charge in [-0.3, -0.25) is 4.79 Å². The van der Waals surface area contributed by atoms with Gasteiger partial charge in [0.1, 0.15) is 0 Å². The number of benzene rings is 1. The van der Waals surface area contributed by atoms with Gasteiger partial charge in [0, 0.05) is 18.7 Å². The molecule has 0 radical (unpaired) electrons. The first kappa shape index (κ1) is 13.7. The van der Waals surface area contributed by atoms with Crippen LogP contribution in [-0.4, -0.2) is 13.0 Å². The summed E-state index contributed by atoms with van der Waals surface area (Å²) in [5, 5.41) is 6.14. The van der Waals surface area contributed by atoms with E-state index in [0.717, 1.165) is 18.5 Å². The van der Waals surface area contributed by atoms with E-state index in [1.54, 1.807) is 0 Å². The van der Waals surface area contributed by atoms with Gasteiger partial charge in [-0.05, 0) is 30.4 Å². The second-order valence-electron chi connectivity index (χ2n) is 5.26. The van der Waals surface area contributed by atoms with E-state index in [1.165, 1.54) is 11.1 Å². The number of carbonyl (C=O) groups excluding carboxylic acids is 1. The smallest absolute Gasteiger partial charge is 0.223 e. The van der Waals surface area contributed by atoms with Gasteiger partial charge in [-0.2, -0.15) is 0 Å². The Morgan fingerprint density at radius 3 is 2.95 bits per heavy atom. The number of allylic oxidation sites excluding steroid dienone is 1. The summed E-state index contributed by atoms with van der Waals surface area (Å²) in [6, 6.07) is 8.53. The van der Waals surface area contributed by atoms with Gasteiger partial charge in [-0.25, -0.2) is 0 Å². The number of hydrogen-bond acceptors (Lipinski definition) is 2. The van der Waals surface area contributed by atoms with E-state index >= 15 is 0 Å². The van der Waals surface area contributed by atoms with Crippen LogP contribution in [0.3, 0.4) is 0 Å². The zero-order valence-electron chi connectivity index (χ0n) is 11.7. The fourth-order valence-electron chi connectivity index (χ4n) is 2.59. The Balaban J connectivity index is 1.95. The third-order valence-electron chi connectivity index (χ3n) is 3.80. The van der Waals surface area contributed by atoms with Crippen molar-refractivity contribution < 1.29 is 4.79 Å². The summed E-state index contributed by atoms with van der Waals surface area (Å²) in [5.41, 5.74) is 3.53. The molecule has 19 heavy (non-hydrogen) atoms. The minimum Gasteiger partial charge on any atom is -0.392 e. The lowest BCUT2D eigenvalue weighted by Gasteiger charge is -2.18. The largest absolute Gasteiger partial charge is 0.392 e. The van der Waals surface area contributed by atoms with Crippen LogP contribution < -0.4 is 10.6 Å². The summed E-state index contributed by atoms with van der Waals surface area (Å²) in [5.74, 6) is 0.0609. The Hall–Kier alpha value is -1.77. The SMILES string of the molecule is C=C(C[C@@H](C)C(=O)N[C@H]1CCc2ccccc21)NC. The maximum Gasteiger partial charge on any atom is 0.223 e. The molecule has 2 rings (SSSR count). The Labute approximate surface area is 115 Å². The summed E-state index contributed by atoms with van der Waals surface area (Å²) >= 11 is 0. The van der Waals surface area contributed by atoms with Gasteiger partial charge in [-0.1, -0.05) is 37.8 Å². The van der Waals surface area contributed by atoms with E-state index in [2.05, 4.69) is 35.4 Å². The van der Waals surface area contributed by atoms with Gasteiger partial charge >= 0.3 is 0 Å². The molecule has 0 heterocycles. The lowest BCUT2D eigenvalue weighted by Crippen LogP contribution is -2.32. The monoisotopic (exact) mass is 258 g/mol. The second kappa shape index (κ2) is 5.91. The minimum absolute atomic E-state index is 0.0484. The highest BCUT2D eigenvalue weighted by Crippen LogP contribution is 2.31. The van der Waals surface area contributed by atoms with Gasteiger partial charge in [0.05, 0.1) is 6.04 Å². The third-order valence-corrected chi connectivity index (χ3v) is 3.80. The normalized spacial score (nSPS) is 18.5. The summed E-state index contributed by atoms with van der Waals surface area (Å²) in [6.07, 6.45) is 2.74. The topological polar surface area (TPSA) is 41.1 Å². The van der Waals surface area contributed by atoms with Crippen LogP contribution in [-0.2, 0) is 11.2 Å². The second-order valence-corrected chi connectivity index (χ2v) is 5.26. The number of amides is 1. The average molecular weight is 258 g/mol. The number of carbonyl (C=O) groups is 1. The third kappa shape index (κ3) is 3.16. The van der Waals surface area contributed by atoms with Crippen LogP contribution in [0.1, 0.15) is 36.9 Å². The first-order valence-corrected chi connectivity index (χ1v) is 6.85. The molecule has 0 unspecified atom stereocenters. The van der Waals surface area contributed by atoms with E-state index in [0.29, 0.717) is 6.42 Å². The molecule has 0 saturated carbocycles. The van der Waals surface area contributed by atoms with Crippen LogP contribution in [0.4, 0.5) is 0 Å². The van der Waals surface area contributed by atoms with Gasteiger partial charge in [0.25, 0.3) is 0 Å². The molecular weight excluding hydrogens is 236 g/mol. The van der Waals surface area contributed by atoms with Gasteiger partial charge in [-0.15, -0.1) is 0 Å². The molecule has 1 aliphatic carbocycles. The fourth-order valence-corrected chi connectivity index (χ4v) is 2.59. The summed E-state index contributed by atoms with van der Waals surface area (Å²) in [4.78, 5) is 12.2. The van der Waals surface area contributed by atoms with Gasteiger partial charge in [0.15, 0.2) is 0 Å². The Morgan fingerprint density at radius 2 is 2.21 bits per heavy atom. The van der Waals surface area contributed by atoms with Crippen LogP contribution in [0.25, 0.3) is 0 Å². The predicted molar refractivity (Wildman–Crippen MR) is 77.6 cm³/mol. The Morgan fingerprint density at radius 1 is 1.47 bits per heavy atom. The van der Waals surface area contributed by atoms with E-state index < -0.39 is 0 Å². The molecule has 0 fully saturated rings. The quantitative estimate of drug-likeness (QED) is 0.852. The first-order chi connectivity index (χ1) is 9.11. The summed E-state index contributed by atoms with van der Waals surface area (Å²) in [6.45, 7) is 5.82. The molecule has 3 nitrogen and oxygen atoms in total. The van der Waals surface area contributed by atoms with Crippen LogP contribution in [0.5, 0.6) is 0 Å². The number of rotatable bonds is 5. The molecule has 2 N–H and O–H groups in total. The first-order valence-electron chi connectivity index (χ1n) is 6.85. The number of nitrogens with one attached hydrogen (secondary N) is 2. The molecule has 3 heteroatoms. The van der Waals surface area contributed by atoms with Crippen molar-refractivity contribution in [3.63, 3.8) is 0 Å². The molecule has 0 aromatic heterocycles. The molecule has 1 aromatic rings. The number of hydrogen-bond donors (Lipinski definition) is 2. The molecular formula is C16H22N2O. The molecule has 2 atom stereocenters. The van der Waals surface area contributed by atoms with Crippen molar-refractivity contribution >= 4 is 5.91 Å². The van der Waals surface area contributed by atoms with Crippen LogP contribution >= 0.6 is 0 Å². The van der Waals surface area contributed by atoms with Crippen molar-refractivity contribution in [2.75, 3.05) is 7.05 Å². The molecule has 0 bridgehead atoms. The zero-order valence-corrected chi connectivity index (χ0v) is 11.7. The minimum atomic E-state index is -0.0484. The zero-order chi connectivity index (χ0) is 13.8. The van der Waals surface area contributed by atoms with E-state index in [4.69, 9.17) is 0 Å². The lowest BCUT2D eigenvalue weighted by molar-refractivity contribution is -0.125. The highest BCUT2D eigenvalue weighted by atomic mass is 16.1. The predicted octanol–water partition coefficient (Wildman–Crippen LogP) is 2.55. The van der Waals surface area contributed by atoms with Crippen molar-refractivity contribution in [3.8, 4) is 0 Å². The lowest BCUT2D eigenvalue weighted by atomic mass is 10.0. The highest BCUT2D eigenvalue weighted by molar-refractivity contribution is 5.79. The maximum atomic E-state index is 12.2. The molecule has 102 valence electrons. The highest BCUT2D eigenvalue weighted by Gasteiger charge is 2.25.